The number of fused-ring (bicyclic) bond motifs is 1. The third kappa shape index (κ3) is 1.78. The maximum absolute atomic E-state index is 12.0. The number of anilines is 1. The van der Waals surface area contributed by atoms with Crippen molar-refractivity contribution in [2.75, 3.05) is 11.9 Å². The summed E-state index contributed by atoms with van der Waals surface area (Å²) in [5.41, 5.74) is -0.954. The zero-order valence-electron chi connectivity index (χ0n) is 10.2. The van der Waals surface area contributed by atoms with E-state index in [9.17, 15) is 19.7 Å². The fraction of sp³-hybridized carbons (Fsp3) is 0.0833. The number of non-ortho nitro benzene ring substituents is 1. The van der Waals surface area contributed by atoms with Crippen LogP contribution < -0.4 is 4.90 Å². The van der Waals surface area contributed by atoms with E-state index in [4.69, 9.17) is 10.4 Å². The summed E-state index contributed by atoms with van der Waals surface area (Å²) in [4.78, 5) is 34.3. The van der Waals surface area contributed by atoms with Gasteiger partial charge in [-0.05, 0) is 6.07 Å². The third-order valence-corrected chi connectivity index (χ3v) is 2.92. The number of benzene rings is 1. The summed E-state index contributed by atoms with van der Waals surface area (Å²) >= 11 is 0. The minimum atomic E-state index is -1.55. The van der Waals surface area contributed by atoms with E-state index in [1.54, 1.807) is 0 Å². The van der Waals surface area contributed by atoms with E-state index in [1.807, 2.05) is 0 Å². The van der Waals surface area contributed by atoms with Gasteiger partial charge in [-0.3, -0.25) is 14.9 Å². The van der Waals surface area contributed by atoms with Gasteiger partial charge >= 0.3 is 5.97 Å². The molecule has 1 amide bonds. The molecule has 0 unspecified atom stereocenters. The molecule has 0 bridgehead atoms. The molecule has 1 N–H and O–H groups in total. The van der Waals surface area contributed by atoms with Crippen LogP contribution in [0.15, 0.2) is 23.8 Å². The minimum Gasteiger partial charge on any atom is -0.477 e. The van der Waals surface area contributed by atoms with Gasteiger partial charge in [-0.25, -0.2) is 4.79 Å². The number of carbonyl (C=O) groups excluding carboxylic acids is 1. The number of hydrogen-bond acceptors (Lipinski definition) is 5. The number of nitriles is 1. The summed E-state index contributed by atoms with van der Waals surface area (Å²) in [6.45, 7) is 0. The Balaban J connectivity index is 2.80. The van der Waals surface area contributed by atoms with Gasteiger partial charge in [0.05, 0.1) is 16.2 Å². The molecule has 0 radical (unpaired) electrons. The summed E-state index contributed by atoms with van der Waals surface area (Å²) < 4.78 is 0. The Morgan fingerprint density at radius 2 is 2.15 bits per heavy atom. The number of rotatable bonds is 2. The van der Waals surface area contributed by atoms with Crippen molar-refractivity contribution in [3.8, 4) is 6.07 Å². The van der Waals surface area contributed by atoms with Gasteiger partial charge < -0.3 is 10.0 Å². The first-order valence-corrected chi connectivity index (χ1v) is 5.33. The Hall–Kier alpha value is -3.21. The van der Waals surface area contributed by atoms with Crippen molar-refractivity contribution in [1.29, 1.82) is 5.26 Å². The summed E-state index contributed by atoms with van der Waals surface area (Å²) in [5, 5.41) is 28.6. The average Bonchev–Trinajstić information content (AvgIpc) is 2.64. The van der Waals surface area contributed by atoms with Crippen molar-refractivity contribution in [3.63, 3.8) is 0 Å². The fourth-order valence-corrected chi connectivity index (χ4v) is 1.97. The SMILES string of the molecule is CN1C(=O)C(=C(C#N)C(=O)O)c2cc([N+](=O)[O-])ccc21. The Morgan fingerprint density at radius 1 is 1.50 bits per heavy atom. The van der Waals surface area contributed by atoms with Crippen molar-refractivity contribution < 1.29 is 19.6 Å². The molecule has 20 heavy (non-hydrogen) atoms. The van der Waals surface area contributed by atoms with Gasteiger partial charge in [0.25, 0.3) is 11.6 Å². The van der Waals surface area contributed by atoms with Gasteiger partial charge in [-0.1, -0.05) is 0 Å². The van der Waals surface area contributed by atoms with Crippen LogP contribution in [0.25, 0.3) is 5.57 Å². The van der Waals surface area contributed by atoms with Crippen molar-refractivity contribution >= 4 is 28.8 Å². The molecule has 0 saturated carbocycles. The van der Waals surface area contributed by atoms with Crippen LogP contribution in [0, 0.1) is 21.4 Å². The summed E-state index contributed by atoms with van der Waals surface area (Å²) in [5.74, 6) is -2.23. The number of carboxylic acid groups (broad SMARTS) is 1. The molecule has 0 spiro atoms. The highest BCUT2D eigenvalue weighted by atomic mass is 16.6. The van der Waals surface area contributed by atoms with E-state index in [2.05, 4.69) is 0 Å². The van der Waals surface area contributed by atoms with Crippen LogP contribution in [0.4, 0.5) is 11.4 Å². The summed E-state index contributed by atoms with van der Waals surface area (Å²) in [6.07, 6.45) is 0. The molecule has 8 heteroatoms. The Bertz CT molecular complexity index is 729. The molecule has 0 saturated heterocycles. The molecule has 1 aromatic carbocycles. The number of amides is 1. The topological polar surface area (TPSA) is 125 Å². The Morgan fingerprint density at radius 3 is 2.65 bits per heavy atom. The standard InChI is InChI=1S/C12H7N3O5/c1-14-9-3-2-6(15(19)20)4-7(9)10(11(14)16)8(5-13)12(17)18/h2-4H,1H3,(H,17,18). The summed E-state index contributed by atoms with van der Waals surface area (Å²) in [7, 11) is 1.40. The first-order valence-electron chi connectivity index (χ1n) is 5.33. The van der Waals surface area contributed by atoms with E-state index in [1.165, 1.54) is 25.2 Å². The Kier molecular flexibility index (Phi) is 2.96. The second kappa shape index (κ2) is 4.47. The molecule has 0 aromatic heterocycles. The van der Waals surface area contributed by atoms with Crippen LogP contribution >= 0.6 is 0 Å². The average molecular weight is 273 g/mol. The van der Waals surface area contributed by atoms with Crippen LogP contribution in [0.1, 0.15) is 5.56 Å². The minimum absolute atomic E-state index is 0.0747. The molecule has 1 aliphatic heterocycles. The number of aliphatic carboxylic acids is 1. The second-order valence-corrected chi connectivity index (χ2v) is 3.99. The predicted octanol–water partition coefficient (Wildman–Crippen LogP) is 0.933. The molecule has 100 valence electrons. The lowest BCUT2D eigenvalue weighted by atomic mass is 10.0. The largest absolute Gasteiger partial charge is 0.477 e. The first-order chi connectivity index (χ1) is 9.38. The second-order valence-electron chi connectivity index (χ2n) is 3.99. The monoisotopic (exact) mass is 273 g/mol. The highest BCUT2D eigenvalue weighted by Crippen LogP contribution is 2.39. The van der Waals surface area contributed by atoms with Gasteiger partial charge in [0.15, 0.2) is 5.57 Å². The molecule has 0 fully saturated rings. The predicted molar refractivity (Wildman–Crippen MR) is 66.7 cm³/mol. The van der Waals surface area contributed by atoms with Crippen molar-refractivity contribution in [2.24, 2.45) is 0 Å². The smallest absolute Gasteiger partial charge is 0.347 e. The van der Waals surface area contributed by atoms with Gasteiger partial charge in [0.1, 0.15) is 6.07 Å². The molecule has 1 aliphatic rings. The van der Waals surface area contributed by atoms with Crippen molar-refractivity contribution in [2.45, 2.75) is 0 Å². The maximum Gasteiger partial charge on any atom is 0.347 e. The van der Waals surface area contributed by atoms with Gasteiger partial charge in [0, 0.05) is 24.7 Å². The maximum atomic E-state index is 12.0. The number of hydrogen-bond donors (Lipinski definition) is 1. The molecule has 1 aromatic rings. The molecular weight excluding hydrogens is 266 g/mol. The fourth-order valence-electron chi connectivity index (χ4n) is 1.97. The molecule has 2 rings (SSSR count). The zero-order valence-corrected chi connectivity index (χ0v) is 10.2. The van der Waals surface area contributed by atoms with Crippen molar-refractivity contribution in [1.82, 2.24) is 0 Å². The van der Waals surface area contributed by atoms with Gasteiger partial charge in [-0.15, -0.1) is 0 Å². The summed E-state index contributed by atoms with van der Waals surface area (Å²) in [6, 6.07) is 5.09. The molecule has 0 atom stereocenters. The first kappa shape index (κ1) is 13.2. The highest BCUT2D eigenvalue weighted by Gasteiger charge is 2.35. The zero-order chi connectivity index (χ0) is 15.0. The molecular formula is C12H7N3O5. The number of carboxylic acids is 1. The lowest BCUT2D eigenvalue weighted by Gasteiger charge is -2.08. The number of nitro benzene ring substituents is 1. The quantitative estimate of drug-likeness (QED) is 0.370. The van der Waals surface area contributed by atoms with E-state index in [0.717, 1.165) is 11.0 Å². The van der Waals surface area contributed by atoms with Crippen LogP contribution in [0.2, 0.25) is 0 Å². The molecule has 0 aliphatic carbocycles. The third-order valence-electron chi connectivity index (χ3n) is 2.92. The number of likely N-dealkylation sites (N-methyl/N-ethyl adjacent to an activating group) is 1. The number of carbonyl (C=O) groups is 2. The normalized spacial score (nSPS) is 15.6. The molecule has 8 nitrogen and oxygen atoms in total. The van der Waals surface area contributed by atoms with E-state index in [-0.39, 0.29) is 16.8 Å². The van der Waals surface area contributed by atoms with Crippen LogP contribution in [0.5, 0.6) is 0 Å². The molecule has 1 heterocycles. The number of nitro groups is 1. The van der Waals surface area contributed by atoms with Crippen molar-refractivity contribution in [3.05, 3.63) is 39.4 Å². The van der Waals surface area contributed by atoms with Crippen LogP contribution in [-0.4, -0.2) is 29.0 Å². The van der Waals surface area contributed by atoms with E-state index in [0.29, 0.717) is 5.69 Å². The highest BCUT2D eigenvalue weighted by molar-refractivity contribution is 6.36. The van der Waals surface area contributed by atoms with E-state index < -0.39 is 22.4 Å². The van der Waals surface area contributed by atoms with E-state index >= 15 is 0 Å². The van der Waals surface area contributed by atoms with Gasteiger partial charge in [-0.2, -0.15) is 5.26 Å². The lowest BCUT2D eigenvalue weighted by Crippen LogP contribution is -2.21. The van der Waals surface area contributed by atoms with Crippen LogP contribution in [-0.2, 0) is 9.59 Å². The Labute approximate surface area is 112 Å². The lowest BCUT2D eigenvalue weighted by molar-refractivity contribution is -0.384. The van der Waals surface area contributed by atoms with Gasteiger partial charge in [0.2, 0.25) is 0 Å². The van der Waals surface area contributed by atoms with Crippen LogP contribution in [0.3, 0.4) is 0 Å². The number of nitrogens with zero attached hydrogens (tertiary/aromatic N) is 3.